The highest BCUT2D eigenvalue weighted by Gasteiger charge is 2.21. The molecule has 0 bridgehead atoms. The van der Waals surface area contributed by atoms with E-state index in [-0.39, 0.29) is 0 Å². The first-order valence-corrected chi connectivity index (χ1v) is 19.0. The van der Waals surface area contributed by atoms with Crippen molar-refractivity contribution < 1.29 is 23.7 Å². The molecule has 6 nitrogen and oxygen atoms in total. The number of hydrogen-bond acceptors (Lipinski definition) is 6. The first-order valence-electron chi connectivity index (χ1n) is 19.0. The maximum atomic E-state index is 5.97. The monoisotopic (exact) mass is 715 g/mol. The van der Waals surface area contributed by atoms with E-state index in [0.29, 0.717) is 33.0 Å². The second-order valence-electron chi connectivity index (χ2n) is 13.5. The van der Waals surface area contributed by atoms with Gasteiger partial charge in [0.15, 0.2) is 23.0 Å². The molecule has 2 heterocycles. The van der Waals surface area contributed by atoms with Crippen LogP contribution in [0.3, 0.4) is 0 Å². The van der Waals surface area contributed by atoms with Crippen LogP contribution in [0.1, 0.15) is 54.9 Å². The molecule has 272 valence electrons. The number of benzene rings is 4. The normalized spacial score (nSPS) is 16.7. The fraction of sp³-hybridized carbons (Fsp3) is 0.208. The molecule has 4 aromatic carbocycles. The molecule has 0 unspecified atom stereocenters. The summed E-state index contributed by atoms with van der Waals surface area (Å²) in [5.74, 6) is 4.27. The Morgan fingerprint density at radius 3 is 2.13 bits per heavy atom. The standard InChI is InChI=1S/C48H45NO5/c1-2-50-44-9-3-6-38(34-44)13-12-35-16-24-41(25-17-35)49(42-26-18-36(19-27-42)14-22-39-7-4-10-45-47(39)53-32-30-51-45)43-28-20-37(21-29-43)15-23-40-8-5-11-46-48(40)54-33-31-52-46/h3-4,6-7,9-16,18-24,26-29,34H,2,5,8,17,25,30-33H2,1H3/b13-12+,22-14+,23-15+. The number of ether oxygens (including phenoxy) is 5. The van der Waals surface area contributed by atoms with Gasteiger partial charge in [0.05, 0.1) is 6.61 Å². The predicted octanol–water partition coefficient (Wildman–Crippen LogP) is 11.5. The van der Waals surface area contributed by atoms with Crippen LogP contribution in [-0.4, -0.2) is 33.0 Å². The van der Waals surface area contributed by atoms with E-state index >= 15 is 0 Å². The lowest BCUT2D eigenvalue weighted by molar-refractivity contribution is 0.0556. The van der Waals surface area contributed by atoms with E-state index in [9.17, 15) is 0 Å². The van der Waals surface area contributed by atoms with Gasteiger partial charge in [-0.05, 0) is 115 Å². The van der Waals surface area contributed by atoms with E-state index in [2.05, 4.69) is 126 Å². The minimum absolute atomic E-state index is 0.562. The van der Waals surface area contributed by atoms with Crippen molar-refractivity contribution in [2.24, 2.45) is 0 Å². The summed E-state index contributed by atoms with van der Waals surface area (Å²) in [5, 5.41) is 0. The molecule has 0 amide bonds. The van der Waals surface area contributed by atoms with E-state index in [0.717, 1.165) is 88.1 Å². The summed E-state index contributed by atoms with van der Waals surface area (Å²) >= 11 is 0. The van der Waals surface area contributed by atoms with Gasteiger partial charge in [0, 0.05) is 22.6 Å². The molecule has 0 atom stereocenters. The molecular weight excluding hydrogens is 671 g/mol. The molecule has 0 radical (unpaired) electrons. The first kappa shape index (κ1) is 34.9. The molecule has 1 saturated heterocycles. The van der Waals surface area contributed by atoms with Gasteiger partial charge in [-0.25, -0.2) is 0 Å². The van der Waals surface area contributed by atoms with Crippen molar-refractivity contribution in [3.8, 4) is 17.2 Å². The molecule has 1 fully saturated rings. The first-order chi connectivity index (χ1) is 26.7. The average molecular weight is 716 g/mol. The van der Waals surface area contributed by atoms with Crippen LogP contribution >= 0.6 is 0 Å². The van der Waals surface area contributed by atoms with Crippen molar-refractivity contribution in [1.82, 2.24) is 0 Å². The molecular formula is C48H45NO5. The summed E-state index contributed by atoms with van der Waals surface area (Å²) in [4.78, 5) is 2.37. The van der Waals surface area contributed by atoms with Crippen molar-refractivity contribution in [1.29, 1.82) is 0 Å². The van der Waals surface area contributed by atoms with Crippen LogP contribution in [0.2, 0.25) is 0 Å². The third-order valence-corrected chi connectivity index (χ3v) is 9.78. The highest BCUT2D eigenvalue weighted by molar-refractivity contribution is 5.77. The maximum absolute atomic E-state index is 5.97. The van der Waals surface area contributed by atoms with Crippen LogP contribution in [0.25, 0.3) is 24.3 Å². The molecule has 0 N–H and O–H groups in total. The Hall–Kier alpha value is -6.14. The minimum Gasteiger partial charge on any atom is -0.494 e. The van der Waals surface area contributed by atoms with Crippen molar-refractivity contribution in [3.63, 3.8) is 0 Å². The van der Waals surface area contributed by atoms with E-state index in [1.807, 2.05) is 31.2 Å². The van der Waals surface area contributed by atoms with Gasteiger partial charge in [-0.3, -0.25) is 0 Å². The second-order valence-corrected chi connectivity index (χ2v) is 13.5. The van der Waals surface area contributed by atoms with E-state index in [1.165, 1.54) is 16.8 Å². The molecule has 4 aliphatic rings. The van der Waals surface area contributed by atoms with Gasteiger partial charge in [0.2, 0.25) is 0 Å². The summed E-state index contributed by atoms with van der Waals surface area (Å²) in [5.41, 5.74) is 10.3. The SMILES string of the molecule is CCOc1cccc(/C=C/C2=CC=C(N(c3ccc(/C=C/C4=C5OCCOC5=CCC4)cc3)c3ccc(/C=C/c4cccc5c4OCCO5)cc3)CC2)c1. The quantitative estimate of drug-likeness (QED) is 0.144. The van der Waals surface area contributed by atoms with E-state index < -0.39 is 0 Å². The summed E-state index contributed by atoms with van der Waals surface area (Å²) in [6.45, 7) is 5.01. The van der Waals surface area contributed by atoms with Crippen molar-refractivity contribution in [3.05, 3.63) is 172 Å². The number of allylic oxidation sites excluding steroid dienone is 8. The number of nitrogens with zero attached hydrogens (tertiary/aromatic N) is 1. The smallest absolute Gasteiger partial charge is 0.168 e. The Morgan fingerprint density at radius 2 is 1.35 bits per heavy atom. The fourth-order valence-electron chi connectivity index (χ4n) is 7.07. The molecule has 0 spiro atoms. The lowest BCUT2D eigenvalue weighted by Gasteiger charge is -2.30. The van der Waals surface area contributed by atoms with Gasteiger partial charge < -0.3 is 28.6 Å². The lowest BCUT2D eigenvalue weighted by atomic mass is 9.99. The number of rotatable bonds is 11. The molecule has 4 aromatic rings. The summed E-state index contributed by atoms with van der Waals surface area (Å²) in [6, 6.07) is 31.8. The van der Waals surface area contributed by atoms with Gasteiger partial charge in [0.25, 0.3) is 0 Å². The Kier molecular flexibility index (Phi) is 10.8. The Morgan fingerprint density at radius 1 is 0.630 bits per heavy atom. The average Bonchev–Trinajstić information content (AvgIpc) is 3.23. The maximum Gasteiger partial charge on any atom is 0.168 e. The van der Waals surface area contributed by atoms with Crippen LogP contribution in [0.4, 0.5) is 11.4 Å². The number of anilines is 2. The molecule has 0 aromatic heterocycles. The highest BCUT2D eigenvalue weighted by atomic mass is 16.6. The Labute approximate surface area is 318 Å². The molecule has 2 aliphatic carbocycles. The van der Waals surface area contributed by atoms with Gasteiger partial charge >= 0.3 is 0 Å². The lowest BCUT2D eigenvalue weighted by Crippen LogP contribution is -2.17. The topological polar surface area (TPSA) is 49.4 Å². The summed E-state index contributed by atoms with van der Waals surface area (Å²) < 4.78 is 29.2. The fourth-order valence-corrected chi connectivity index (χ4v) is 7.07. The third-order valence-electron chi connectivity index (χ3n) is 9.78. The zero-order valence-corrected chi connectivity index (χ0v) is 30.7. The van der Waals surface area contributed by atoms with Crippen LogP contribution < -0.4 is 19.1 Å². The Balaban J connectivity index is 1.05. The van der Waals surface area contributed by atoms with Gasteiger partial charge in [-0.15, -0.1) is 0 Å². The van der Waals surface area contributed by atoms with Crippen molar-refractivity contribution in [2.45, 2.75) is 32.6 Å². The largest absolute Gasteiger partial charge is 0.494 e. The van der Waals surface area contributed by atoms with E-state index in [4.69, 9.17) is 23.7 Å². The van der Waals surface area contributed by atoms with Gasteiger partial charge in [-0.1, -0.05) is 91.1 Å². The van der Waals surface area contributed by atoms with Crippen molar-refractivity contribution in [2.75, 3.05) is 37.9 Å². The second kappa shape index (κ2) is 16.7. The molecule has 0 saturated carbocycles. The van der Waals surface area contributed by atoms with E-state index in [1.54, 1.807) is 0 Å². The van der Waals surface area contributed by atoms with Crippen LogP contribution in [0.5, 0.6) is 17.2 Å². The number of hydrogen-bond donors (Lipinski definition) is 0. The Bertz CT molecular complexity index is 2180. The number of fused-ring (bicyclic) bond motifs is 2. The zero-order chi connectivity index (χ0) is 36.5. The number of para-hydroxylation sites is 1. The van der Waals surface area contributed by atoms with Crippen LogP contribution in [-0.2, 0) is 9.47 Å². The predicted molar refractivity (Wildman–Crippen MR) is 219 cm³/mol. The molecule has 8 rings (SSSR count). The molecule has 2 aliphatic heterocycles. The van der Waals surface area contributed by atoms with Crippen LogP contribution in [0.15, 0.2) is 150 Å². The minimum atomic E-state index is 0.562. The van der Waals surface area contributed by atoms with Gasteiger partial charge in [0.1, 0.15) is 32.2 Å². The zero-order valence-electron chi connectivity index (χ0n) is 30.7. The summed E-state index contributed by atoms with van der Waals surface area (Å²) in [6.07, 6.45) is 23.4. The third kappa shape index (κ3) is 8.24. The molecule has 6 heteroatoms. The summed E-state index contributed by atoms with van der Waals surface area (Å²) in [7, 11) is 0. The highest BCUT2D eigenvalue weighted by Crippen LogP contribution is 2.37. The van der Waals surface area contributed by atoms with Crippen molar-refractivity contribution >= 4 is 35.7 Å². The molecule has 54 heavy (non-hydrogen) atoms. The van der Waals surface area contributed by atoms with Crippen LogP contribution in [0, 0.1) is 0 Å². The van der Waals surface area contributed by atoms with Gasteiger partial charge in [-0.2, -0.15) is 0 Å².